The van der Waals surface area contributed by atoms with Crippen molar-refractivity contribution in [2.75, 3.05) is 13.2 Å². The van der Waals surface area contributed by atoms with Crippen LogP contribution in [0.2, 0.25) is 0 Å². The topological polar surface area (TPSA) is 18.5 Å². The zero-order valence-electron chi connectivity index (χ0n) is 14.6. The van der Waals surface area contributed by atoms with E-state index in [0.29, 0.717) is 26.1 Å². The van der Waals surface area contributed by atoms with Gasteiger partial charge in [-0.05, 0) is 50.9 Å². The molecule has 9 atom stereocenters. The van der Waals surface area contributed by atoms with Crippen LogP contribution in [0.3, 0.4) is 0 Å². The Morgan fingerprint density at radius 3 is 2.00 bits per heavy atom. The summed E-state index contributed by atoms with van der Waals surface area (Å²) in [6.45, 7) is 2.54. The van der Waals surface area contributed by atoms with Gasteiger partial charge in [0.15, 0.2) is 6.29 Å². The molecule has 1 saturated heterocycles. The van der Waals surface area contributed by atoms with E-state index in [4.69, 9.17) is 9.47 Å². The van der Waals surface area contributed by atoms with Crippen LogP contribution < -0.4 is 0 Å². The van der Waals surface area contributed by atoms with Crippen LogP contribution in [0.15, 0.2) is 0 Å². The Bertz CT molecular complexity index is 466. The van der Waals surface area contributed by atoms with Crippen LogP contribution in [0.4, 0.5) is 17.6 Å². The summed E-state index contributed by atoms with van der Waals surface area (Å²) in [4.78, 5) is 0. The molecule has 0 aromatic heterocycles. The number of ether oxygens (including phenoxy) is 2. The van der Waals surface area contributed by atoms with Crippen molar-refractivity contribution in [1.82, 2.24) is 0 Å². The summed E-state index contributed by atoms with van der Waals surface area (Å²) in [5.74, 6) is -2.00. The summed E-state index contributed by atoms with van der Waals surface area (Å²) >= 11 is 0. The summed E-state index contributed by atoms with van der Waals surface area (Å²) in [5.41, 5.74) is 0. The van der Waals surface area contributed by atoms with Crippen molar-refractivity contribution < 1.29 is 27.0 Å². The van der Waals surface area contributed by atoms with E-state index in [9.17, 15) is 13.2 Å². The van der Waals surface area contributed by atoms with Crippen LogP contribution in [-0.4, -0.2) is 44.2 Å². The molecule has 4 fully saturated rings. The fourth-order valence-electron chi connectivity index (χ4n) is 6.01. The molecule has 9 unspecified atom stereocenters. The van der Waals surface area contributed by atoms with E-state index in [1.54, 1.807) is 6.92 Å². The molecule has 6 heteroatoms. The Labute approximate surface area is 146 Å². The van der Waals surface area contributed by atoms with Gasteiger partial charge in [0.2, 0.25) is 0 Å². The minimum atomic E-state index is -1.71. The van der Waals surface area contributed by atoms with Crippen LogP contribution in [0.1, 0.15) is 39.0 Å². The Kier molecular flexibility index (Phi) is 5.04. The van der Waals surface area contributed by atoms with Gasteiger partial charge >= 0.3 is 0 Å². The third-order valence-electron chi connectivity index (χ3n) is 7.32. The lowest BCUT2D eigenvalue weighted by atomic mass is 9.54. The molecule has 0 amide bonds. The number of fused-ring (bicyclic) bond motifs is 3. The van der Waals surface area contributed by atoms with Crippen molar-refractivity contribution in [3.63, 3.8) is 0 Å². The Morgan fingerprint density at radius 2 is 1.28 bits per heavy atom. The van der Waals surface area contributed by atoms with Crippen molar-refractivity contribution in [3.8, 4) is 0 Å². The number of halogens is 4. The minimum absolute atomic E-state index is 0.00690. The highest BCUT2D eigenvalue weighted by molar-refractivity contribution is 5.05. The lowest BCUT2D eigenvalue weighted by Crippen LogP contribution is -2.57. The molecule has 3 saturated carbocycles. The maximum absolute atomic E-state index is 15.1. The minimum Gasteiger partial charge on any atom is -0.353 e. The molecule has 0 N–H and O–H groups in total. The Morgan fingerprint density at radius 1 is 0.680 bits per heavy atom. The molecule has 144 valence electrons. The number of alkyl halides is 4. The average molecular weight is 364 g/mol. The molecule has 0 aromatic carbocycles. The van der Waals surface area contributed by atoms with E-state index in [1.807, 2.05) is 0 Å². The highest BCUT2D eigenvalue weighted by Crippen LogP contribution is 2.55. The first-order chi connectivity index (χ1) is 12.0. The molecule has 4 aliphatic rings. The lowest BCUT2D eigenvalue weighted by molar-refractivity contribution is -0.213. The summed E-state index contributed by atoms with van der Waals surface area (Å²) in [6.07, 6.45) is -3.87. The van der Waals surface area contributed by atoms with Crippen LogP contribution in [0, 0.1) is 35.5 Å². The van der Waals surface area contributed by atoms with E-state index < -0.39 is 42.4 Å². The second-order valence-electron chi connectivity index (χ2n) is 8.57. The largest absolute Gasteiger partial charge is 0.353 e. The molecule has 0 bridgehead atoms. The second-order valence-corrected chi connectivity index (χ2v) is 8.57. The molecular weight excluding hydrogens is 336 g/mol. The smallest absolute Gasteiger partial charge is 0.154 e. The van der Waals surface area contributed by atoms with Gasteiger partial charge in [0.25, 0.3) is 0 Å². The third-order valence-corrected chi connectivity index (χ3v) is 7.32. The molecule has 1 heterocycles. The zero-order valence-corrected chi connectivity index (χ0v) is 14.6. The standard InChI is InChI=1S/C19H28F4O2/c1-9-24-7-12(8-25-9)13-6-11-3-2-10-4-5-14(20)18(22)15(10)16(11)19(23)17(13)21/h9-19H,2-8H2,1H3. The molecule has 1 aliphatic heterocycles. The van der Waals surface area contributed by atoms with Gasteiger partial charge in [0.1, 0.15) is 24.7 Å². The quantitative estimate of drug-likeness (QED) is 0.641. The summed E-state index contributed by atoms with van der Waals surface area (Å²) < 4.78 is 69.5. The normalized spacial score (nSPS) is 56.8. The van der Waals surface area contributed by atoms with Gasteiger partial charge in [-0.3, -0.25) is 0 Å². The van der Waals surface area contributed by atoms with Gasteiger partial charge in [0, 0.05) is 23.7 Å². The van der Waals surface area contributed by atoms with Crippen molar-refractivity contribution in [2.45, 2.75) is 70.0 Å². The van der Waals surface area contributed by atoms with E-state index in [1.165, 1.54) is 0 Å². The summed E-state index contributed by atoms with van der Waals surface area (Å²) in [5, 5.41) is 0. The zero-order chi connectivity index (χ0) is 17.7. The van der Waals surface area contributed by atoms with E-state index in [0.717, 1.165) is 12.8 Å². The number of hydrogen-bond acceptors (Lipinski definition) is 2. The SMILES string of the molecule is CC1OCC(C2CC3CCC4CCC(F)C(F)C4C3C(F)C2F)CO1. The maximum Gasteiger partial charge on any atom is 0.154 e. The molecule has 4 rings (SSSR count). The van der Waals surface area contributed by atoms with E-state index in [2.05, 4.69) is 0 Å². The molecule has 3 aliphatic carbocycles. The first-order valence-electron chi connectivity index (χ1n) is 9.76. The van der Waals surface area contributed by atoms with Crippen LogP contribution in [0.25, 0.3) is 0 Å². The third kappa shape index (κ3) is 3.11. The number of rotatable bonds is 1. The lowest BCUT2D eigenvalue weighted by Gasteiger charge is -2.54. The highest BCUT2D eigenvalue weighted by atomic mass is 19.2. The highest BCUT2D eigenvalue weighted by Gasteiger charge is 2.57. The summed E-state index contributed by atoms with van der Waals surface area (Å²) in [6, 6.07) is 0. The van der Waals surface area contributed by atoms with Crippen molar-refractivity contribution in [3.05, 3.63) is 0 Å². The summed E-state index contributed by atoms with van der Waals surface area (Å²) in [7, 11) is 0. The Hall–Kier alpha value is -0.360. The van der Waals surface area contributed by atoms with E-state index >= 15 is 4.39 Å². The fraction of sp³-hybridized carbons (Fsp3) is 1.00. The van der Waals surface area contributed by atoms with E-state index in [-0.39, 0.29) is 30.5 Å². The average Bonchev–Trinajstić information content (AvgIpc) is 2.61. The van der Waals surface area contributed by atoms with Gasteiger partial charge < -0.3 is 9.47 Å². The molecular formula is C19H28F4O2. The van der Waals surface area contributed by atoms with Crippen molar-refractivity contribution in [2.24, 2.45) is 35.5 Å². The van der Waals surface area contributed by atoms with Crippen LogP contribution in [-0.2, 0) is 9.47 Å². The first-order valence-corrected chi connectivity index (χ1v) is 9.76. The van der Waals surface area contributed by atoms with Crippen molar-refractivity contribution >= 4 is 0 Å². The van der Waals surface area contributed by atoms with Crippen LogP contribution in [0.5, 0.6) is 0 Å². The van der Waals surface area contributed by atoms with Crippen LogP contribution >= 0.6 is 0 Å². The first kappa shape index (κ1) is 18.0. The predicted molar refractivity (Wildman–Crippen MR) is 85.0 cm³/mol. The Balaban J connectivity index is 1.52. The molecule has 25 heavy (non-hydrogen) atoms. The molecule has 0 spiro atoms. The van der Waals surface area contributed by atoms with Gasteiger partial charge in [-0.25, -0.2) is 17.6 Å². The van der Waals surface area contributed by atoms with Gasteiger partial charge in [-0.15, -0.1) is 0 Å². The second kappa shape index (κ2) is 6.99. The number of hydrogen-bond donors (Lipinski definition) is 0. The van der Waals surface area contributed by atoms with Crippen molar-refractivity contribution in [1.29, 1.82) is 0 Å². The van der Waals surface area contributed by atoms with Gasteiger partial charge in [-0.2, -0.15) is 0 Å². The fourth-order valence-corrected chi connectivity index (χ4v) is 6.01. The van der Waals surface area contributed by atoms with Gasteiger partial charge in [0.05, 0.1) is 13.2 Å². The molecule has 0 radical (unpaired) electrons. The maximum atomic E-state index is 15.1. The molecule has 2 nitrogen and oxygen atoms in total. The van der Waals surface area contributed by atoms with Gasteiger partial charge in [-0.1, -0.05) is 0 Å². The predicted octanol–water partition coefficient (Wildman–Crippen LogP) is 4.42. The molecule has 0 aromatic rings. The monoisotopic (exact) mass is 364 g/mol.